The molecule has 1 unspecified atom stereocenters. The molecule has 1 N–H and O–H groups in total. The van der Waals surface area contributed by atoms with E-state index in [1.807, 2.05) is 42.9 Å². The van der Waals surface area contributed by atoms with Gasteiger partial charge in [-0.1, -0.05) is 0 Å². The van der Waals surface area contributed by atoms with Crippen molar-refractivity contribution in [1.29, 1.82) is 0 Å². The lowest BCUT2D eigenvalue weighted by Crippen LogP contribution is -2.23. The second-order valence-corrected chi connectivity index (χ2v) is 4.79. The highest BCUT2D eigenvalue weighted by Crippen LogP contribution is 2.22. The van der Waals surface area contributed by atoms with E-state index in [-0.39, 0.29) is 12.1 Å². The first-order chi connectivity index (χ1) is 9.15. The Bertz CT molecular complexity index is 496. The normalized spacial score (nSPS) is 12.4. The molecular weight excluding hydrogens is 240 g/mol. The van der Waals surface area contributed by atoms with E-state index in [2.05, 4.69) is 22.3 Å². The Labute approximate surface area is 113 Å². The molecule has 0 saturated heterocycles. The van der Waals surface area contributed by atoms with Gasteiger partial charge in [-0.15, -0.1) is 0 Å². The highest BCUT2D eigenvalue weighted by molar-refractivity contribution is 5.50. The predicted octanol–water partition coefficient (Wildman–Crippen LogP) is 2.57. The zero-order valence-corrected chi connectivity index (χ0v) is 11.6. The quantitative estimate of drug-likeness (QED) is 0.867. The molecule has 0 aliphatic heterocycles. The molecule has 0 spiro atoms. The number of hydrogen-bond donors (Lipinski definition) is 1. The SMILES string of the molecule is CC(Cn1cccn1)Nc1ncccc1OC(C)C. The molecule has 19 heavy (non-hydrogen) atoms. The number of hydrogen-bond acceptors (Lipinski definition) is 4. The lowest BCUT2D eigenvalue weighted by atomic mass is 10.3. The first-order valence-corrected chi connectivity index (χ1v) is 6.51. The van der Waals surface area contributed by atoms with Crippen LogP contribution in [0.15, 0.2) is 36.8 Å². The van der Waals surface area contributed by atoms with Crippen LogP contribution < -0.4 is 10.1 Å². The average Bonchev–Trinajstić information content (AvgIpc) is 2.83. The Kier molecular flexibility index (Phi) is 4.39. The molecule has 2 rings (SSSR count). The summed E-state index contributed by atoms with van der Waals surface area (Å²) in [6, 6.07) is 5.93. The van der Waals surface area contributed by atoms with Gasteiger partial charge in [0.2, 0.25) is 0 Å². The maximum absolute atomic E-state index is 5.73. The van der Waals surface area contributed by atoms with Gasteiger partial charge < -0.3 is 10.1 Å². The molecule has 2 heterocycles. The maximum atomic E-state index is 5.73. The molecule has 5 heteroatoms. The van der Waals surface area contributed by atoms with Crippen LogP contribution in [0.3, 0.4) is 0 Å². The summed E-state index contributed by atoms with van der Waals surface area (Å²) >= 11 is 0. The van der Waals surface area contributed by atoms with Crippen LogP contribution in [-0.2, 0) is 6.54 Å². The minimum absolute atomic E-state index is 0.131. The minimum Gasteiger partial charge on any atom is -0.487 e. The molecule has 1 atom stereocenters. The van der Waals surface area contributed by atoms with Crippen LogP contribution in [0.2, 0.25) is 0 Å². The molecule has 0 fully saturated rings. The first-order valence-electron chi connectivity index (χ1n) is 6.51. The van der Waals surface area contributed by atoms with Crippen molar-refractivity contribution in [3.8, 4) is 5.75 Å². The number of aromatic nitrogens is 3. The summed E-state index contributed by atoms with van der Waals surface area (Å²) < 4.78 is 7.63. The largest absolute Gasteiger partial charge is 0.487 e. The maximum Gasteiger partial charge on any atom is 0.169 e. The van der Waals surface area contributed by atoms with Gasteiger partial charge in [-0.3, -0.25) is 4.68 Å². The standard InChI is InChI=1S/C14H20N4O/c1-11(2)19-13-6-4-7-15-14(13)17-12(3)10-18-9-5-8-16-18/h4-9,11-12H,10H2,1-3H3,(H,15,17). The van der Waals surface area contributed by atoms with Crippen molar-refractivity contribution in [2.45, 2.75) is 39.5 Å². The van der Waals surface area contributed by atoms with Crippen LogP contribution in [0.1, 0.15) is 20.8 Å². The first kappa shape index (κ1) is 13.4. The molecule has 0 radical (unpaired) electrons. The molecule has 2 aromatic rings. The van der Waals surface area contributed by atoms with Crippen LogP contribution >= 0.6 is 0 Å². The van der Waals surface area contributed by atoms with Gasteiger partial charge in [0.15, 0.2) is 11.6 Å². The predicted molar refractivity (Wildman–Crippen MR) is 75.3 cm³/mol. The lowest BCUT2D eigenvalue weighted by molar-refractivity contribution is 0.242. The summed E-state index contributed by atoms with van der Waals surface area (Å²) in [6.07, 6.45) is 5.62. The number of pyridine rings is 1. The highest BCUT2D eigenvalue weighted by atomic mass is 16.5. The van der Waals surface area contributed by atoms with Crippen molar-refractivity contribution in [3.05, 3.63) is 36.8 Å². The molecule has 102 valence electrons. The van der Waals surface area contributed by atoms with E-state index in [9.17, 15) is 0 Å². The Morgan fingerprint density at radius 3 is 2.79 bits per heavy atom. The third-order valence-corrected chi connectivity index (χ3v) is 2.54. The molecule has 0 bridgehead atoms. The fourth-order valence-electron chi connectivity index (χ4n) is 1.82. The summed E-state index contributed by atoms with van der Waals surface area (Å²) in [5, 5.41) is 7.55. The molecule has 0 aliphatic carbocycles. The monoisotopic (exact) mass is 260 g/mol. The number of nitrogens with zero attached hydrogens (tertiary/aromatic N) is 3. The van der Waals surface area contributed by atoms with E-state index >= 15 is 0 Å². The Hall–Kier alpha value is -2.04. The number of nitrogens with one attached hydrogen (secondary N) is 1. The van der Waals surface area contributed by atoms with Crippen molar-refractivity contribution in [3.63, 3.8) is 0 Å². The van der Waals surface area contributed by atoms with Crippen LogP contribution in [-0.4, -0.2) is 26.9 Å². The molecular formula is C14H20N4O. The van der Waals surface area contributed by atoms with Crippen molar-refractivity contribution >= 4 is 5.82 Å². The van der Waals surface area contributed by atoms with Crippen LogP contribution in [0.4, 0.5) is 5.82 Å². The second kappa shape index (κ2) is 6.22. The molecule has 5 nitrogen and oxygen atoms in total. The van der Waals surface area contributed by atoms with Crippen LogP contribution in [0, 0.1) is 0 Å². The van der Waals surface area contributed by atoms with Gasteiger partial charge in [0.05, 0.1) is 12.6 Å². The molecule has 0 aliphatic rings. The van der Waals surface area contributed by atoms with Crippen molar-refractivity contribution in [2.75, 3.05) is 5.32 Å². The summed E-state index contributed by atoms with van der Waals surface area (Å²) in [4.78, 5) is 4.34. The van der Waals surface area contributed by atoms with Crippen molar-refractivity contribution < 1.29 is 4.74 Å². The Morgan fingerprint density at radius 2 is 2.11 bits per heavy atom. The topological polar surface area (TPSA) is 52.0 Å². The van der Waals surface area contributed by atoms with Crippen molar-refractivity contribution in [1.82, 2.24) is 14.8 Å². The van der Waals surface area contributed by atoms with E-state index < -0.39 is 0 Å². The molecule has 0 aromatic carbocycles. The Morgan fingerprint density at radius 1 is 1.26 bits per heavy atom. The summed E-state index contributed by atoms with van der Waals surface area (Å²) in [5.41, 5.74) is 0. The minimum atomic E-state index is 0.131. The summed E-state index contributed by atoms with van der Waals surface area (Å²) in [6.45, 7) is 6.88. The van der Waals surface area contributed by atoms with Crippen LogP contribution in [0.25, 0.3) is 0 Å². The van der Waals surface area contributed by atoms with Crippen LogP contribution in [0.5, 0.6) is 5.75 Å². The fraction of sp³-hybridized carbons (Fsp3) is 0.429. The highest BCUT2D eigenvalue weighted by Gasteiger charge is 2.10. The number of anilines is 1. The van der Waals surface area contributed by atoms with E-state index in [0.29, 0.717) is 0 Å². The van der Waals surface area contributed by atoms with E-state index in [0.717, 1.165) is 18.1 Å². The van der Waals surface area contributed by atoms with E-state index in [1.165, 1.54) is 0 Å². The fourth-order valence-corrected chi connectivity index (χ4v) is 1.82. The second-order valence-electron chi connectivity index (χ2n) is 4.79. The summed E-state index contributed by atoms with van der Waals surface area (Å²) in [7, 11) is 0. The van der Waals surface area contributed by atoms with Gasteiger partial charge in [-0.2, -0.15) is 5.10 Å². The Balaban J connectivity index is 2.01. The number of ether oxygens (including phenoxy) is 1. The lowest BCUT2D eigenvalue weighted by Gasteiger charge is -2.18. The summed E-state index contributed by atoms with van der Waals surface area (Å²) in [5.74, 6) is 1.56. The van der Waals surface area contributed by atoms with Gasteiger partial charge in [0.1, 0.15) is 0 Å². The number of rotatable bonds is 6. The third-order valence-electron chi connectivity index (χ3n) is 2.54. The van der Waals surface area contributed by atoms with Gasteiger partial charge in [0.25, 0.3) is 0 Å². The zero-order valence-electron chi connectivity index (χ0n) is 11.6. The van der Waals surface area contributed by atoms with Gasteiger partial charge >= 0.3 is 0 Å². The zero-order chi connectivity index (χ0) is 13.7. The molecule has 2 aromatic heterocycles. The van der Waals surface area contributed by atoms with E-state index in [4.69, 9.17) is 4.74 Å². The van der Waals surface area contributed by atoms with Crippen molar-refractivity contribution in [2.24, 2.45) is 0 Å². The third kappa shape index (κ3) is 3.98. The molecule has 0 amide bonds. The average molecular weight is 260 g/mol. The van der Waals surface area contributed by atoms with Gasteiger partial charge in [-0.05, 0) is 39.0 Å². The van der Waals surface area contributed by atoms with Gasteiger partial charge in [-0.25, -0.2) is 4.98 Å². The van der Waals surface area contributed by atoms with E-state index in [1.54, 1.807) is 12.4 Å². The van der Waals surface area contributed by atoms with Gasteiger partial charge in [0, 0.05) is 24.6 Å². The smallest absolute Gasteiger partial charge is 0.169 e. The molecule has 0 saturated carbocycles.